The number of thioether (sulfide) groups is 1. The van der Waals surface area contributed by atoms with Gasteiger partial charge in [-0.2, -0.15) is 0 Å². The SMILES string of the molecule is CN(C)C(=O)Sc1ccccc1NC(=O)c1ccc(Oc2cccc(Br)c2)nc1. The molecule has 0 saturated carbocycles. The Balaban J connectivity index is 1.69. The van der Waals surface area contributed by atoms with Crippen LogP contribution in [0.5, 0.6) is 11.6 Å². The van der Waals surface area contributed by atoms with Crippen LogP contribution < -0.4 is 10.1 Å². The number of carbonyl (C=O) groups excluding carboxylic acids is 2. The molecular formula is C21H18BrN3O3S. The van der Waals surface area contributed by atoms with E-state index in [0.29, 0.717) is 27.8 Å². The van der Waals surface area contributed by atoms with E-state index < -0.39 is 0 Å². The lowest BCUT2D eigenvalue weighted by Gasteiger charge is -2.13. The largest absolute Gasteiger partial charge is 0.439 e. The van der Waals surface area contributed by atoms with E-state index in [0.717, 1.165) is 16.2 Å². The van der Waals surface area contributed by atoms with Crippen LogP contribution in [0.1, 0.15) is 10.4 Å². The summed E-state index contributed by atoms with van der Waals surface area (Å²) < 4.78 is 6.58. The van der Waals surface area contributed by atoms with Gasteiger partial charge in [-0.1, -0.05) is 34.1 Å². The van der Waals surface area contributed by atoms with E-state index in [9.17, 15) is 9.59 Å². The van der Waals surface area contributed by atoms with E-state index in [1.54, 1.807) is 44.4 Å². The Morgan fingerprint density at radius 1 is 1.07 bits per heavy atom. The van der Waals surface area contributed by atoms with Gasteiger partial charge in [0.25, 0.3) is 11.1 Å². The molecule has 3 aromatic rings. The van der Waals surface area contributed by atoms with E-state index in [1.165, 1.54) is 11.1 Å². The number of nitrogens with zero attached hydrogens (tertiary/aromatic N) is 2. The molecule has 2 aromatic carbocycles. The Bertz CT molecular complexity index is 1030. The highest BCUT2D eigenvalue weighted by Gasteiger charge is 2.14. The van der Waals surface area contributed by atoms with Crippen molar-refractivity contribution in [3.63, 3.8) is 0 Å². The van der Waals surface area contributed by atoms with Crippen molar-refractivity contribution in [2.75, 3.05) is 19.4 Å². The summed E-state index contributed by atoms with van der Waals surface area (Å²) in [5.41, 5.74) is 0.942. The minimum absolute atomic E-state index is 0.123. The average molecular weight is 472 g/mol. The highest BCUT2D eigenvalue weighted by Crippen LogP contribution is 2.29. The normalized spacial score (nSPS) is 10.3. The van der Waals surface area contributed by atoms with Gasteiger partial charge in [0.05, 0.1) is 11.3 Å². The molecule has 1 heterocycles. The number of rotatable bonds is 5. The first-order chi connectivity index (χ1) is 13.9. The molecule has 0 radical (unpaired) electrons. The van der Waals surface area contributed by atoms with Crippen molar-refractivity contribution in [1.82, 2.24) is 9.88 Å². The van der Waals surface area contributed by atoms with Gasteiger partial charge in [-0.05, 0) is 48.2 Å². The third-order valence-corrected chi connectivity index (χ3v) is 5.32. The standard InChI is InChI=1S/C21H18BrN3O3S/c1-25(2)21(27)29-18-9-4-3-8-17(18)24-20(26)14-10-11-19(23-13-14)28-16-7-5-6-15(22)12-16/h3-13H,1-2H3,(H,24,26). The number of hydrogen-bond acceptors (Lipinski definition) is 5. The summed E-state index contributed by atoms with van der Waals surface area (Å²) in [4.78, 5) is 30.9. The van der Waals surface area contributed by atoms with Crippen LogP contribution >= 0.6 is 27.7 Å². The minimum atomic E-state index is -0.322. The number of para-hydroxylation sites is 1. The fourth-order valence-electron chi connectivity index (χ4n) is 2.26. The van der Waals surface area contributed by atoms with E-state index in [2.05, 4.69) is 26.2 Å². The first kappa shape index (κ1) is 20.9. The van der Waals surface area contributed by atoms with Gasteiger partial charge in [0.1, 0.15) is 5.75 Å². The number of halogens is 1. The molecule has 0 spiro atoms. The lowest BCUT2D eigenvalue weighted by molar-refractivity contribution is 0.102. The van der Waals surface area contributed by atoms with Crippen molar-refractivity contribution in [1.29, 1.82) is 0 Å². The van der Waals surface area contributed by atoms with Crippen LogP contribution in [0.4, 0.5) is 10.5 Å². The van der Waals surface area contributed by atoms with Crippen molar-refractivity contribution >= 4 is 44.5 Å². The van der Waals surface area contributed by atoms with Crippen LogP contribution in [0.3, 0.4) is 0 Å². The Labute approximate surface area is 181 Å². The van der Waals surface area contributed by atoms with Gasteiger partial charge in [0, 0.05) is 35.7 Å². The Hall–Kier alpha value is -2.84. The van der Waals surface area contributed by atoms with Crippen molar-refractivity contribution in [3.05, 3.63) is 76.9 Å². The molecule has 0 unspecified atom stereocenters. The molecule has 0 saturated heterocycles. The van der Waals surface area contributed by atoms with Gasteiger partial charge >= 0.3 is 0 Å². The molecule has 148 valence electrons. The lowest BCUT2D eigenvalue weighted by Crippen LogP contribution is -2.17. The number of ether oxygens (including phenoxy) is 1. The number of pyridine rings is 1. The number of benzene rings is 2. The maximum Gasteiger partial charge on any atom is 0.286 e. The van der Waals surface area contributed by atoms with Crippen molar-refractivity contribution in [2.24, 2.45) is 0 Å². The molecular weight excluding hydrogens is 454 g/mol. The fourth-order valence-corrected chi connectivity index (χ4v) is 3.39. The van der Waals surface area contributed by atoms with Crippen molar-refractivity contribution in [3.8, 4) is 11.6 Å². The van der Waals surface area contributed by atoms with Gasteiger partial charge < -0.3 is 15.0 Å². The number of carbonyl (C=O) groups is 2. The third kappa shape index (κ3) is 5.82. The maximum atomic E-state index is 12.6. The Morgan fingerprint density at radius 2 is 1.86 bits per heavy atom. The highest BCUT2D eigenvalue weighted by molar-refractivity contribution is 9.10. The highest BCUT2D eigenvalue weighted by atomic mass is 79.9. The van der Waals surface area contributed by atoms with Crippen LogP contribution in [0.25, 0.3) is 0 Å². The summed E-state index contributed by atoms with van der Waals surface area (Å²) in [6.07, 6.45) is 1.45. The molecule has 0 atom stereocenters. The minimum Gasteiger partial charge on any atom is -0.439 e. The first-order valence-electron chi connectivity index (χ1n) is 8.61. The molecule has 0 aliphatic carbocycles. The lowest BCUT2D eigenvalue weighted by atomic mass is 10.2. The Morgan fingerprint density at radius 3 is 2.55 bits per heavy atom. The van der Waals surface area contributed by atoms with E-state index in [4.69, 9.17) is 4.74 Å². The van der Waals surface area contributed by atoms with Crippen LogP contribution in [0, 0.1) is 0 Å². The summed E-state index contributed by atoms with van der Waals surface area (Å²) in [5.74, 6) is 0.699. The van der Waals surface area contributed by atoms with Gasteiger partial charge in [-0.25, -0.2) is 4.98 Å². The van der Waals surface area contributed by atoms with Crippen molar-refractivity contribution in [2.45, 2.75) is 4.90 Å². The smallest absolute Gasteiger partial charge is 0.286 e. The van der Waals surface area contributed by atoms with E-state index >= 15 is 0 Å². The van der Waals surface area contributed by atoms with Gasteiger partial charge in [0.15, 0.2) is 0 Å². The van der Waals surface area contributed by atoms with Crippen LogP contribution in [0.2, 0.25) is 0 Å². The predicted molar refractivity (Wildman–Crippen MR) is 118 cm³/mol. The van der Waals surface area contributed by atoms with Crippen LogP contribution in [-0.2, 0) is 0 Å². The number of aromatic nitrogens is 1. The summed E-state index contributed by atoms with van der Waals surface area (Å²) in [7, 11) is 3.36. The van der Waals surface area contributed by atoms with Gasteiger partial charge in [-0.3, -0.25) is 9.59 Å². The summed E-state index contributed by atoms with van der Waals surface area (Å²) in [6, 6.07) is 17.8. The molecule has 29 heavy (non-hydrogen) atoms. The maximum absolute atomic E-state index is 12.6. The molecule has 1 N–H and O–H groups in total. The zero-order valence-corrected chi connectivity index (χ0v) is 18.2. The third-order valence-electron chi connectivity index (χ3n) is 3.71. The van der Waals surface area contributed by atoms with Crippen LogP contribution in [-0.4, -0.2) is 35.1 Å². The molecule has 1 aromatic heterocycles. The monoisotopic (exact) mass is 471 g/mol. The van der Waals surface area contributed by atoms with Gasteiger partial charge in [0.2, 0.25) is 5.88 Å². The first-order valence-corrected chi connectivity index (χ1v) is 10.2. The summed E-state index contributed by atoms with van der Waals surface area (Å²) in [5, 5.41) is 2.71. The topological polar surface area (TPSA) is 71.5 Å². The zero-order chi connectivity index (χ0) is 20.8. The summed E-state index contributed by atoms with van der Waals surface area (Å²) in [6.45, 7) is 0. The molecule has 0 aliphatic heterocycles. The second kappa shape index (κ2) is 9.58. The number of anilines is 1. The molecule has 0 aliphatic rings. The quantitative estimate of drug-likeness (QED) is 0.485. The number of amides is 2. The van der Waals surface area contributed by atoms with E-state index in [1.807, 2.05) is 30.3 Å². The molecule has 0 fully saturated rings. The number of nitrogens with one attached hydrogen (secondary N) is 1. The molecule has 6 nitrogen and oxygen atoms in total. The predicted octanol–water partition coefficient (Wildman–Crippen LogP) is 5.66. The second-order valence-electron chi connectivity index (χ2n) is 6.16. The Kier molecular flexibility index (Phi) is 6.90. The average Bonchev–Trinajstić information content (AvgIpc) is 2.70. The zero-order valence-electron chi connectivity index (χ0n) is 15.8. The fraction of sp³-hybridized carbons (Fsp3) is 0.0952. The number of hydrogen-bond donors (Lipinski definition) is 1. The van der Waals surface area contributed by atoms with E-state index in [-0.39, 0.29) is 11.1 Å². The van der Waals surface area contributed by atoms with Crippen molar-refractivity contribution < 1.29 is 14.3 Å². The molecule has 3 rings (SSSR count). The molecule has 0 bridgehead atoms. The molecule has 8 heteroatoms. The summed E-state index contributed by atoms with van der Waals surface area (Å²) >= 11 is 4.44. The molecule has 2 amide bonds. The van der Waals surface area contributed by atoms with Gasteiger partial charge in [-0.15, -0.1) is 0 Å². The second-order valence-corrected chi connectivity index (χ2v) is 8.07. The van der Waals surface area contributed by atoms with Crippen LogP contribution in [0.15, 0.2) is 76.2 Å².